The van der Waals surface area contributed by atoms with Crippen LogP contribution in [-0.2, 0) is 4.74 Å². The Balaban J connectivity index is 1.63. The zero-order chi connectivity index (χ0) is 17.4. The highest BCUT2D eigenvalue weighted by atomic mass is 35.5. The highest BCUT2D eigenvalue weighted by Crippen LogP contribution is 2.32. The molecule has 3 heterocycles. The number of rotatable bonds is 4. The maximum atomic E-state index is 12.5. The second kappa shape index (κ2) is 6.78. The van der Waals surface area contributed by atoms with Gasteiger partial charge in [-0.2, -0.15) is 5.10 Å². The summed E-state index contributed by atoms with van der Waals surface area (Å²) < 4.78 is 7.37. The average molecular weight is 376 g/mol. The third-order valence-electron chi connectivity index (χ3n) is 4.36. The predicted molar refractivity (Wildman–Crippen MR) is 100 cm³/mol. The van der Waals surface area contributed by atoms with Crippen LogP contribution in [0.15, 0.2) is 30.3 Å². The first-order valence-corrected chi connectivity index (χ1v) is 9.47. The van der Waals surface area contributed by atoms with E-state index >= 15 is 0 Å². The van der Waals surface area contributed by atoms with E-state index in [1.165, 1.54) is 11.3 Å². The summed E-state index contributed by atoms with van der Waals surface area (Å²) in [5, 5.41) is 9.16. The molecule has 0 radical (unpaired) electrons. The highest BCUT2D eigenvalue weighted by Gasteiger charge is 2.20. The first-order chi connectivity index (χ1) is 12.1. The van der Waals surface area contributed by atoms with Crippen molar-refractivity contribution in [3.05, 3.63) is 45.9 Å². The van der Waals surface area contributed by atoms with Crippen LogP contribution in [0.4, 0.5) is 0 Å². The largest absolute Gasteiger partial charge is 0.376 e. The lowest BCUT2D eigenvalue weighted by molar-refractivity contribution is 0.0861. The standard InChI is InChI=1S/C18H18ClN3O2S/c1-11-13-9-16(17(23)20-10-12-5-4-8-24-12)25-18(13)22(21-11)15-7-3-2-6-14(15)19/h2-3,6-7,9,12H,4-5,8,10H2,1H3,(H,20,23)/t12-/m0/s1. The van der Waals surface area contributed by atoms with Gasteiger partial charge in [-0.3, -0.25) is 4.79 Å². The average Bonchev–Trinajstić information content (AvgIpc) is 3.32. The molecule has 5 nitrogen and oxygen atoms in total. The molecular weight excluding hydrogens is 358 g/mol. The summed E-state index contributed by atoms with van der Waals surface area (Å²) in [6.07, 6.45) is 2.21. The first-order valence-electron chi connectivity index (χ1n) is 8.27. The molecule has 1 saturated heterocycles. The number of hydrogen-bond donors (Lipinski definition) is 1. The van der Waals surface area contributed by atoms with Crippen LogP contribution >= 0.6 is 22.9 Å². The van der Waals surface area contributed by atoms with Gasteiger partial charge in [0, 0.05) is 18.5 Å². The molecule has 7 heteroatoms. The quantitative estimate of drug-likeness (QED) is 0.751. The van der Waals surface area contributed by atoms with E-state index in [-0.39, 0.29) is 12.0 Å². The van der Waals surface area contributed by atoms with Gasteiger partial charge in [0.15, 0.2) is 0 Å². The molecule has 1 aromatic carbocycles. The zero-order valence-electron chi connectivity index (χ0n) is 13.8. The molecule has 0 aliphatic carbocycles. The topological polar surface area (TPSA) is 56.2 Å². The predicted octanol–water partition coefficient (Wildman–Crippen LogP) is 3.96. The molecule has 0 spiro atoms. The van der Waals surface area contributed by atoms with Crippen LogP contribution in [0.3, 0.4) is 0 Å². The van der Waals surface area contributed by atoms with E-state index in [0.29, 0.717) is 16.4 Å². The van der Waals surface area contributed by atoms with Crippen LogP contribution in [-0.4, -0.2) is 34.9 Å². The number of thiophene rings is 1. The lowest BCUT2D eigenvalue weighted by atomic mass is 10.2. The summed E-state index contributed by atoms with van der Waals surface area (Å²) in [5.41, 5.74) is 1.69. The molecule has 1 atom stereocenters. The fraction of sp³-hybridized carbons (Fsp3) is 0.333. The molecule has 130 valence electrons. The maximum absolute atomic E-state index is 12.5. The van der Waals surface area contributed by atoms with E-state index < -0.39 is 0 Å². The molecule has 25 heavy (non-hydrogen) atoms. The number of aromatic nitrogens is 2. The number of para-hydroxylation sites is 1. The molecule has 0 bridgehead atoms. The van der Waals surface area contributed by atoms with Gasteiger partial charge < -0.3 is 10.1 Å². The number of ether oxygens (including phenoxy) is 1. The Morgan fingerprint density at radius 1 is 1.48 bits per heavy atom. The Morgan fingerprint density at radius 2 is 2.32 bits per heavy atom. The zero-order valence-corrected chi connectivity index (χ0v) is 15.4. The van der Waals surface area contributed by atoms with Crippen LogP contribution in [0.2, 0.25) is 5.02 Å². The van der Waals surface area contributed by atoms with Gasteiger partial charge in [0.1, 0.15) is 4.83 Å². The SMILES string of the molecule is Cc1nn(-c2ccccc2Cl)c2sc(C(=O)NC[C@@H]3CCCO3)cc12. The van der Waals surface area contributed by atoms with Crippen molar-refractivity contribution < 1.29 is 9.53 Å². The summed E-state index contributed by atoms with van der Waals surface area (Å²) in [7, 11) is 0. The Labute approximate surface area is 154 Å². The smallest absolute Gasteiger partial charge is 0.261 e. The van der Waals surface area contributed by atoms with Crippen molar-refractivity contribution >= 4 is 39.1 Å². The number of halogens is 1. The Bertz CT molecular complexity index is 928. The molecule has 2 aromatic heterocycles. The first kappa shape index (κ1) is 16.6. The van der Waals surface area contributed by atoms with E-state index in [1.807, 2.05) is 41.9 Å². The lowest BCUT2D eigenvalue weighted by Gasteiger charge is -2.09. The van der Waals surface area contributed by atoms with Gasteiger partial charge in [-0.15, -0.1) is 11.3 Å². The summed E-state index contributed by atoms with van der Waals surface area (Å²) in [4.78, 5) is 14.1. The molecule has 1 amide bonds. The fourth-order valence-corrected chi connectivity index (χ4v) is 4.35. The molecule has 1 fully saturated rings. The number of carbonyl (C=O) groups is 1. The van der Waals surface area contributed by atoms with E-state index in [9.17, 15) is 4.79 Å². The van der Waals surface area contributed by atoms with Gasteiger partial charge in [-0.05, 0) is 38.0 Å². The Kier molecular flexibility index (Phi) is 4.50. The third-order valence-corrected chi connectivity index (χ3v) is 5.79. The normalized spacial score (nSPS) is 17.3. The second-order valence-electron chi connectivity index (χ2n) is 6.12. The number of benzene rings is 1. The van der Waals surface area contributed by atoms with Crippen molar-refractivity contribution in [3.63, 3.8) is 0 Å². The third kappa shape index (κ3) is 3.17. The van der Waals surface area contributed by atoms with Gasteiger partial charge in [-0.25, -0.2) is 4.68 Å². The molecule has 1 aliphatic rings. The van der Waals surface area contributed by atoms with Crippen LogP contribution in [0.5, 0.6) is 0 Å². The number of fused-ring (bicyclic) bond motifs is 1. The Hall–Kier alpha value is -1.89. The van der Waals surface area contributed by atoms with E-state index in [2.05, 4.69) is 10.4 Å². The summed E-state index contributed by atoms with van der Waals surface area (Å²) in [5.74, 6) is -0.0678. The number of nitrogens with one attached hydrogen (secondary N) is 1. The fourth-order valence-electron chi connectivity index (χ4n) is 3.04. The molecule has 1 N–H and O–H groups in total. The van der Waals surface area contributed by atoms with Crippen LogP contribution in [0.25, 0.3) is 15.9 Å². The minimum absolute atomic E-state index is 0.0678. The van der Waals surface area contributed by atoms with Crippen molar-refractivity contribution in [2.75, 3.05) is 13.2 Å². The van der Waals surface area contributed by atoms with Gasteiger partial charge >= 0.3 is 0 Å². The molecule has 0 unspecified atom stereocenters. The van der Waals surface area contributed by atoms with Gasteiger partial charge in [0.05, 0.1) is 27.4 Å². The number of aryl methyl sites for hydroxylation is 1. The number of nitrogens with zero attached hydrogens (tertiary/aromatic N) is 2. The molecule has 1 aliphatic heterocycles. The minimum atomic E-state index is -0.0678. The molecule has 0 saturated carbocycles. The number of hydrogen-bond acceptors (Lipinski definition) is 4. The summed E-state index contributed by atoms with van der Waals surface area (Å²) >= 11 is 7.74. The van der Waals surface area contributed by atoms with Crippen molar-refractivity contribution in [3.8, 4) is 5.69 Å². The van der Waals surface area contributed by atoms with E-state index in [4.69, 9.17) is 16.3 Å². The minimum Gasteiger partial charge on any atom is -0.376 e. The number of carbonyl (C=O) groups excluding carboxylic acids is 1. The molecule has 3 aromatic rings. The van der Waals surface area contributed by atoms with Gasteiger partial charge in [-0.1, -0.05) is 23.7 Å². The van der Waals surface area contributed by atoms with Crippen molar-refractivity contribution in [1.29, 1.82) is 0 Å². The maximum Gasteiger partial charge on any atom is 0.261 e. The van der Waals surface area contributed by atoms with E-state index in [1.54, 1.807) is 0 Å². The Morgan fingerprint density at radius 3 is 3.08 bits per heavy atom. The molecular formula is C18H18ClN3O2S. The summed E-state index contributed by atoms with van der Waals surface area (Å²) in [6.45, 7) is 3.29. The van der Waals surface area contributed by atoms with Crippen LogP contribution in [0, 0.1) is 6.92 Å². The van der Waals surface area contributed by atoms with Crippen LogP contribution < -0.4 is 5.32 Å². The van der Waals surface area contributed by atoms with Crippen molar-refractivity contribution in [2.24, 2.45) is 0 Å². The van der Waals surface area contributed by atoms with Crippen LogP contribution in [0.1, 0.15) is 28.2 Å². The molecule has 4 rings (SSSR count). The second-order valence-corrected chi connectivity index (χ2v) is 7.56. The van der Waals surface area contributed by atoms with Crippen molar-refractivity contribution in [1.82, 2.24) is 15.1 Å². The number of amides is 1. The van der Waals surface area contributed by atoms with Crippen molar-refractivity contribution in [2.45, 2.75) is 25.9 Å². The van der Waals surface area contributed by atoms with Gasteiger partial charge in [0.25, 0.3) is 5.91 Å². The van der Waals surface area contributed by atoms with Gasteiger partial charge in [0.2, 0.25) is 0 Å². The summed E-state index contributed by atoms with van der Waals surface area (Å²) in [6, 6.07) is 9.47. The monoisotopic (exact) mass is 375 g/mol. The van der Waals surface area contributed by atoms with E-state index in [0.717, 1.165) is 41.0 Å². The highest BCUT2D eigenvalue weighted by molar-refractivity contribution is 7.20. The lowest BCUT2D eigenvalue weighted by Crippen LogP contribution is -2.31.